The van der Waals surface area contributed by atoms with Gasteiger partial charge in [0.15, 0.2) is 11.5 Å². The molecule has 1 atom stereocenters. The lowest BCUT2D eigenvalue weighted by Crippen LogP contribution is -2.68. The highest BCUT2D eigenvalue weighted by Crippen LogP contribution is 2.42. The first-order chi connectivity index (χ1) is 14.4. The van der Waals surface area contributed by atoms with Crippen LogP contribution in [0, 0.1) is 0 Å². The molecule has 156 valence electrons. The summed E-state index contributed by atoms with van der Waals surface area (Å²) in [5, 5.41) is 5.53. The molecule has 0 bridgehead atoms. The Morgan fingerprint density at radius 3 is 2.37 bits per heavy atom. The molecule has 2 aromatic rings. The Bertz CT molecular complexity index is 1030. The number of para-hydroxylation sites is 1. The van der Waals surface area contributed by atoms with Gasteiger partial charge in [-0.3, -0.25) is 19.3 Å². The molecule has 0 aliphatic carbocycles. The zero-order valence-corrected chi connectivity index (χ0v) is 16.8. The average molecular weight is 411 g/mol. The van der Waals surface area contributed by atoms with Crippen molar-refractivity contribution in [2.45, 2.75) is 18.5 Å². The zero-order chi connectivity index (χ0) is 21.5. The second-order valence-corrected chi connectivity index (χ2v) is 6.93. The smallest absolute Gasteiger partial charge is 0.271 e. The molecule has 0 saturated carbocycles. The van der Waals surface area contributed by atoms with E-state index in [9.17, 15) is 14.4 Å². The summed E-state index contributed by atoms with van der Waals surface area (Å²) >= 11 is 0. The molecule has 0 spiro atoms. The van der Waals surface area contributed by atoms with Gasteiger partial charge in [-0.1, -0.05) is 12.1 Å². The third-order valence-electron chi connectivity index (χ3n) is 5.34. The van der Waals surface area contributed by atoms with Crippen molar-refractivity contribution in [1.29, 1.82) is 0 Å². The number of benzene rings is 2. The van der Waals surface area contributed by atoms with E-state index in [0.717, 1.165) is 0 Å². The largest absolute Gasteiger partial charge is 0.493 e. The van der Waals surface area contributed by atoms with Gasteiger partial charge in [-0.15, -0.1) is 0 Å². The van der Waals surface area contributed by atoms with E-state index in [2.05, 4.69) is 10.6 Å². The Kier molecular flexibility index (Phi) is 4.73. The third-order valence-corrected chi connectivity index (χ3v) is 5.34. The van der Waals surface area contributed by atoms with Crippen LogP contribution in [-0.2, 0) is 9.59 Å². The number of nitrogens with one attached hydrogen (secondary N) is 2. The lowest BCUT2D eigenvalue weighted by molar-refractivity contribution is -0.124. The number of hydrogen-bond acceptors (Lipinski definition) is 6. The van der Waals surface area contributed by atoms with Crippen molar-refractivity contribution in [2.75, 3.05) is 31.5 Å². The maximum atomic E-state index is 13.4. The summed E-state index contributed by atoms with van der Waals surface area (Å²) in [7, 11) is 4.42. The number of rotatable bonds is 5. The number of carbonyl (C=O) groups excluding carboxylic acids is 3. The summed E-state index contributed by atoms with van der Waals surface area (Å²) in [4.78, 5) is 40.1. The Hall–Kier alpha value is -3.75. The van der Waals surface area contributed by atoms with Crippen molar-refractivity contribution in [3.63, 3.8) is 0 Å². The van der Waals surface area contributed by atoms with Gasteiger partial charge in [0.25, 0.3) is 11.8 Å². The van der Waals surface area contributed by atoms with Crippen molar-refractivity contribution in [2.24, 2.45) is 0 Å². The summed E-state index contributed by atoms with van der Waals surface area (Å²) in [5.41, 5.74) is -0.368. The fraction of sp³-hybridized carbons (Fsp3) is 0.286. The van der Waals surface area contributed by atoms with Crippen molar-refractivity contribution in [3.05, 3.63) is 42.0 Å². The monoisotopic (exact) mass is 411 g/mol. The van der Waals surface area contributed by atoms with Gasteiger partial charge in [-0.05, 0) is 12.1 Å². The van der Waals surface area contributed by atoms with Crippen LogP contribution in [0.25, 0.3) is 0 Å². The fourth-order valence-electron chi connectivity index (χ4n) is 3.96. The lowest BCUT2D eigenvalue weighted by atomic mass is 9.98. The molecule has 3 amide bonds. The number of ether oxygens (including phenoxy) is 3. The Balaban J connectivity index is 1.73. The molecule has 2 aliphatic heterocycles. The number of hydrogen-bond donors (Lipinski definition) is 2. The molecule has 0 unspecified atom stereocenters. The Morgan fingerprint density at radius 1 is 1.07 bits per heavy atom. The minimum absolute atomic E-state index is 0.136. The van der Waals surface area contributed by atoms with E-state index in [-0.39, 0.29) is 18.7 Å². The van der Waals surface area contributed by atoms with Gasteiger partial charge in [0.05, 0.1) is 32.6 Å². The van der Waals surface area contributed by atoms with Crippen LogP contribution in [0.3, 0.4) is 0 Å². The molecule has 2 aromatic carbocycles. The van der Waals surface area contributed by atoms with Crippen LogP contribution in [0.5, 0.6) is 17.2 Å². The Labute approximate surface area is 172 Å². The first-order valence-electron chi connectivity index (χ1n) is 9.31. The van der Waals surface area contributed by atoms with E-state index in [1.54, 1.807) is 36.4 Å². The molecule has 0 aromatic heterocycles. The number of carbonyl (C=O) groups is 3. The molecule has 2 N–H and O–H groups in total. The highest BCUT2D eigenvalue weighted by atomic mass is 16.5. The van der Waals surface area contributed by atoms with E-state index in [1.807, 2.05) is 0 Å². The molecule has 9 nitrogen and oxygen atoms in total. The van der Waals surface area contributed by atoms with Gasteiger partial charge in [-0.2, -0.15) is 0 Å². The van der Waals surface area contributed by atoms with E-state index in [1.165, 1.54) is 26.2 Å². The zero-order valence-electron chi connectivity index (χ0n) is 16.8. The fourth-order valence-corrected chi connectivity index (χ4v) is 3.96. The molecule has 2 aliphatic rings. The third kappa shape index (κ3) is 2.81. The quantitative estimate of drug-likeness (QED) is 0.779. The van der Waals surface area contributed by atoms with Gasteiger partial charge < -0.3 is 24.8 Å². The summed E-state index contributed by atoms with van der Waals surface area (Å²) in [6, 6.07) is 9.88. The average Bonchev–Trinajstić information content (AvgIpc) is 3.10. The SMILES string of the molecule is COc1cc(NC(=O)[C@]23CCC(=O)N2c2ccccc2C(=O)N3)cc(OC)c1OC. The van der Waals surface area contributed by atoms with Gasteiger partial charge in [0, 0.05) is 30.7 Å². The number of nitrogens with zero attached hydrogens (tertiary/aromatic N) is 1. The highest BCUT2D eigenvalue weighted by Gasteiger charge is 2.56. The van der Waals surface area contributed by atoms with Crippen LogP contribution in [0.1, 0.15) is 23.2 Å². The molecule has 9 heteroatoms. The molecule has 30 heavy (non-hydrogen) atoms. The van der Waals surface area contributed by atoms with E-state index >= 15 is 0 Å². The molecular formula is C21H21N3O6. The maximum Gasteiger partial charge on any atom is 0.271 e. The maximum absolute atomic E-state index is 13.4. The van der Waals surface area contributed by atoms with Crippen LogP contribution >= 0.6 is 0 Å². The molecule has 1 saturated heterocycles. The normalized spacial score (nSPS) is 19.5. The van der Waals surface area contributed by atoms with Gasteiger partial charge >= 0.3 is 0 Å². The van der Waals surface area contributed by atoms with Crippen molar-refractivity contribution < 1.29 is 28.6 Å². The standard InChI is InChI=1S/C21H21N3O6/c1-28-15-10-12(11-16(29-2)18(15)30-3)22-20(27)21-9-8-17(25)24(21)14-7-5-4-6-13(14)19(26)23-21/h4-7,10-11H,8-9H2,1-3H3,(H,22,27)(H,23,26)/t21-/m0/s1. The lowest BCUT2D eigenvalue weighted by Gasteiger charge is -2.41. The van der Waals surface area contributed by atoms with Crippen LogP contribution in [0.2, 0.25) is 0 Å². The topological polar surface area (TPSA) is 106 Å². The predicted octanol–water partition coefficient (Wildman–Crippen LogP) is 1.92. The van der Waals surface area contributed by atoms with Crippen LogP contribution in [0.4, 0.5) is 11.4 Å². The molecule has 4 rings (SSSR count). The number of amides is 3. The number of methoxy groups -OCH3 is 3. The van der Waals surface area contributed by atoms with Crippen molar-refractivity contribution >= 4 is 29.1 Å². The van der Waals surface area contributed by atoms with Gasteiger partial charge in [0.2, 0.25) is 17.3 Å². The molecule has 1 fully saturated rings. The number of fused-ring (bicyclic) bond motifs is 3. The minimum Gasteiger partial charge on any atom is -0.493 e. The first kappa shape index (κ1) is 19.6. The predicted molar refractivity (Wildman–Crippen MR) is 108 cm³/mol. The minimum atomic E-state index is -1.51. The van der Waals surface area contributed by atoms with E-state index in [4.69, 9.17) is 14.2 Å². The summed E-state index contributed by atoms with van der Waals surface area (Å²) in [6.07, 6.45) is 0.291. The van der Waals surface area contributed by atoms with Crippen LogP contribution < -0.4 is 29.7 Å². The van der Waals surface area contributed by atoms with Crippen LogP contribution in [0.15, 0.2) is 36.4 Å². The second kappa shape index (κ2) is 7.25. The number of anilines is 2. The van der Waals surface area contributed by atoms with E-state index < -0.39 is 17.5 Å². The molecule has 2 heterocycles. The highest BCUT2D eigenvalue weighted by molar-refractivity contribution is 6.18. The summed E-state index contributed by atoms with van der Waals surface area (Å²) in [6.45, 7) is 0. The van der Waals surface area contributed by atoms with Crippen LogP contribution in [-0.4, -0.2) is 44.7 Å². The van der Waals surface area contributed by atoms with Gasteiger partial charge in [0.1, 0.15) is 0 Å². The summed E-state index contributed by atoms with van der Waals surface area (Å²) in [5.74, 6) is -0.0673. The Morgan fingerprint density at radius 2 is 1.73 bits per heavy atom. The molecule has 0 radical (unpaired) electrons. The van der Waals surface area contributed by atoms with E-state index in [0.29, 0.717) is 34.2 Å². The molecular weight excluding hydrogens is 390 g/mol. The first-order valence-corrected chi connectivity index (χ1v) is 9.31. The van der Waals surface area contributed by atoms with Crippen molar-refractivity contribution in [1.82, 2.24) is 5.32 Å². The summed E-state index contributed by atoms with van der Waals surface area (Å²) < 4.78 is 15.9. The second-order valence-electron chi connectivity index (χ2n) is 6.93. The van der Waals surface area contributed by atoms with Crippen molar-refractivity contribution in [3.8, 4) is 17.2 Å². The van der Waals surface area contributed by atoms with Gasteiger partial charge in [-0.25, -0.2) is 0 Å².